The summed E-state index contributed by atoms with van der Waals surface area (Å²) in [6.07, 6.45) is 0. The molecule has 3 nitrogen and oxygen atoms in total. The Labute approximate surface area is 131 Å². The molecule has 0 saturated carbocycles. The van der Waals surface area contributed by atoms with Crippen molar-refractivity contribution in [1.82, 2.24) is 0 Å². The van der Waals surface area contributed by atoms with Crippen LogP contribution in [0.5, 0.6) is 0 Å². The third kappa shape index (κ3) is 3.23. The van der Waals surface area contributed by atoms with Crippen LogP contribution in [0.15, 0.2) is 46.9 Å². The molecule has 20 heavy (non-hydrogen) atoms. The van der Waals surface area contributed by atoms with Crippen LogP contribution in [0.25, 0.3) is 0 Å². The maximum Gasteiger partial charge on any atom is 0.256 e. The Bertz CT molecular complexity index is 685. The lowest BCUT2D eigenvalue weighted by molar-refractivity contribution is 0.102. The number of nitrogens with one attached hydrogen (secondary N) is 1. The summed E-state index contributed by atoms with van der Waals surface area (Å²) in [5.41, 5.74) is 8.50. The Morgan fingerprint density at radius 2 is 1.90 bits per heavy atom. The van der Waals surface area contributed by atoms with Crippen molar-refractivity contribution in [3.05, 3.63) is 63.6 Å². The monoisotopic (exact) mass is 348 g/mol. The van der Waals surface area contributed by atoms with E-state index in [1.165, 1.54) is 0 Å². The van der Waals surface area contributed by atoms with Crippen molar-refractivity contribution < 1.29 is 4.79 Å². The molecule has 0 aliphatic rings. The molecule has 0 saturated heterocycles. The van der Waals surface area contributed by atoms with Gasteiger partial charge in [-0.2, -0.15) is 0 Å². The van der Waals surface area contributed by atoms with Crippen LogP contribution in [0.1, 0.15) is 21.5 Å². The Balaban J connectivity index is 2.33. The Hall–Kier alpha value is -1.72. The van der Waals surface area contributed by atoms with Crippen molar-refractivity contribution in [2.75, 3.05) is 5.32 Å². The van der Waals surface area contributed by atoms with Crippen molar-refractivity contribution in [3.8, 4) is 0 Å². The highest BCUT2D eigenvalue weighted by Crippen LogP contribution is 2.21. The van der Waals surface area contributed by atoms with Gasteiger partial charge in [0.25, 0.3) is 5.91 Å². The summed E-state index contributed by atoms with van der Waals surface area (Å²) in [6, 6.07) is 12.8. The number of carbonyl (C=O) groups is 1. The van der Waals surface area contributed by atoms with Crippen LogP contribution in [-0.4, -0.2) is 10.9 Å². The number of para-hydroxylation sites is 1. The number of benzene rings is 2. The fourth-order valence-electron chi connectivity index (χ4n) is 1.81. The van der Waals surface area contributed by atoms with Crippen LogP contribution in [0.2, 0.25) is 0 Å². The summed E-state index contributed by atoms with van der Waals surface area (Å²) < 4.78 is 0.744. The van der Waals surface area contributed by atoms with E-state index < -0.39 is 0 Å². The third-order valence-corrected chi connectivity index (χ3v) is 3.72. The number of thiocarbonyl (C=S) groups is 1. The molecular formula is C15H13BrN2OS. The topological polar surface area (TPSA) is 55.1 Å². The average molecular weight is 349 g/mol. The van der Waals surface area contributed by atoms with E-state index in [0.29, 0.717) is 16.8 Å². The molecule has 0 bridgehead atoms. The maximum absolute atomic E-state index is 12.3. The van der Waals surface area contributed by atoms with Gasteiger partial charge in [0.05, 0.1) is 11.3 Å². The van der Waals surface area contributed by atoms with Gasteiger partial charge in [0.1, 0.15) is 4.99 Å². The fraction of sp³-hybridized carbons (Fsp3) is 0.0667. The highest BCUT2D eigenvalue weighted by Gasteiger charge is 2.13. The van der Waals surface area contributed by atoms with E-state index in [2.05, 4.69) is 21.2 Å². The standard InChI is InChI=1S/C15H13BrN2OS/c1-9-6-7-12(16)11(8-9)15(19)18-13-5-3-2-4-10(13)14(17)20/h2-8H,1H3,(H2,17,20)(H,18,19). The summed E-state index contributed by atoms with van der Waals surface area (Å²) in [7, 11) is 0. The van der Waals surface area contributed by atoms with Gasteiger partial charge in [-0.15, -0.1) is 0 Å². The van der Waals surface area contributed by atoms with Crippen molar-refractivity contribution in [3.63, 3.8) is 0 Å². The van der Waals surface area contributed by atoms with Crippen LogP contribution in [0, 0.1) is 6.92 Å². The predicted molar refractivity (Wildman–Crippen MR) is 89.2 cm³/mol. The second-order valence-corrected chi connectivity index (χ2v) is 5.64. The van der Waals surface area contributed by atoms with Gasteiger partial charge in [-0.3, -0.25) is 4.79 Å². The number of aryl methyl sites for hydroxylation is 1. The first-order valence-electron chi connectivity index (χ1n) is 5.95. The smallest absolute Gasteiger partial charge is 0.256 e. The third-order valence-electron chi connectivity index (χ3n) is 2.81. The second kappa shape index (κ2) is 6.15. The molecular weight excluding hydrogens is 336 g/mol. The first-order valence-corrected chi connectivity index (χ1v) is 7.15. The molecule has 0 unspecified atom stereocenters. The fourth-order valence-corrected chi connectivity index (χ4v) is 2.41. The van der Waals surface area contributed by atoms with E-state index in [1.807, 2.05) is 37.3 Å². The molecule has 2 aromatic rings. The zero-order valence-electron chi connectivity index (χ0n) is 10.8. The minimum atomic E-state index is -0.204. The molecule has 1 amide bonds. The van der Waals surface area contributed by atoms with Crippen molar-refractivity contribution in [2.45, 2.75) is 6.92 Å². The molecule has 0 spiro atoms. The predicted octanol–water partition coefficient (Wildman–Crippen LogP) is 3.64. The zero-order chi connectivity index (χ0) is 14.7. The molecule has 102 valence electrons. The molecule has 0 radical (unpaired) electrons. The SMILES string of the molecule is Cc1ccc(Br)c(C(=O)Nc2ccccc2C(N)=S)c1. The van der Waals surface area contributed by atoms with Gasteiger partial charge in [-0.05, 0) is 47.1 Å². The number of hydrogen-bond acceptors (Lipinski definition) is 2. The Kier molecular flexibility index (Phi) is 4.52. The maximum atomic E-state index is 12.3. The largest absolute Gasteiger partial charge is 0.389 e. The van der Waals surface area contributed by atoms with E-state index in [4.69, 9.17) is 18.0 Å². The van der Waals surface area contributed by atoms with E-state index in [-0.39, 0.29) is 10.9 Å². The summed E-state index contributed by atoms with van der Waals surface area (Å²) in [6.45, 7) is 1.94. The molecule has 0 aliphatic carbocycles. The molecule has 0 aromatic heterocycles. The van der Waals surface area contributed by atoms with Gasteiger partial charge in [-0.1, -0.05) is 36.0 Å². The Morgan fingerprint density at radius 1 is 1.20 bits per heavy atom. The number of anilines is 1. The quantitative estimate of drug-likeness (QED) is 0.832. The van der Waals surface area contributed by atoms with Crippen LogP contribution in [0.4, 0.5) is 5.69 Å². The van der Waals surface area contributed by atoms with E-state index in [1.54, 1.807) is 12.1 Å². The first-order chi connectivity index (χ1) is 9.49. The second-order valence-electron chi connectivity index (χ2n) is 4.35. The van der Waals surface area contributed by atoms with Crippen LogP contribution < -0.4 is 11.1 Å². The van der Waals surface area contributed by atoms with E-state index >= 15 is 0 Å². The number of nitrogens with two attached hydrogens (primary N) is 1. The van der Waals surface area contributed by atoms with Crippen LogP contribution in [-0.2, 0) is 0 Å². The van der Waals surface area contributed by atoms with Gasteiger partial charge < -0.3 is 11.1 Å². The van der Waals surface area contributed by atoms with Gasteiger partial charge >= 0.3 is 0 Å². The highest BCUT2D eigenvalue weighted by atomic mass is 79.9. The minimum Gasteiger partial charge on any atom is -0.389 e. The lowest BCUT2D eigenvalue weighted by Crippen LogP contribution is -2.18. The number of halogens is 1. The van der Waals surface area contributed by atoms with E-state index in [9.17, 15) is 4.79 Å². The number of amides is 1. The number of hydrogen-bond donors (Lipinski definition) is 2. The summed E-state index contributed by atoms with van der Waals surface area (Å²) >= 11 is 8.36. The molecule has 0 heterocycles. The van der Waals surface area contributed by atoms with E-state index in [0.717, 1.165) is 10.0 Å². The zero-order valence-corrected chi connectivity index (χ0v) is 13.2. The molecule has 2 rings (SSSR count). The van der Waals surface area contributed by atoms with Gasteiger partial charge in [0, 0.05) is 10.0 Å². The summed E-state index contributed by atoms with van der Waals surface area (Å²) in [4.78, 5) is 12.6. The molecule has 0 fully saturated rings. The normalized spacial score (nSPS) is 10.1. The Morgan fingerprint density at radius 3 is 2.60 bits per heavy atom. The molecule has 3 N–H and O–H groups in total. The lowest BCUT2D eigenvalue weighted by atomic mass is 10.1. The van der Waals surface area contributed by atoms with Crippen molar-refractivity contribution in [1.29, 1.82) is 0 Å². The molecule has 5 heteroatoms. The van der Waals surface area contributed by atoms with Gasteiger partial charge in [0.2, 0.25) is 0 Å². The van der Waals surface area contributed by atoms with Gasteiger partial charge in [0.15, 0.2) is 0 Å². The molecule has 2 aromatic carbocycles. The molecule has 0 aliphatic heterocycles. The van der Waals surface area contributed by atoms with Crippen LogP contribution in [0.3, 0.4) is 0 Å². The summed E-state index contributed by atoms with van der Waals surface area (Å²) in [5, 5.41) is 2.84. The van der Waals surface area contributed by atoms with Crippen molar-refractivity contribution in [2.24, 2.45) is 5.73 Å². The van der Waals surface area contributed by atoms with Gasteiger partial charge in [-0.25, -0.2) is 0 Å². The molecule has 0 atom stereocenters. The number of carbonyl (C=O) groups excluding carboxylic acids is 1. The highest BCUT2D eigenvalue weighted by molar-refractivity contribution is 9.10. The van der Waals surface area contributed by atoms with Crippen LogP contribution >= 0.6 is 28.1 Å². The minimum absolute atomic E-state index is 0.204. The first kappa shape index (κ1) is 14.7. The average Bonchev–Trinajstić information content (AvgIpc) is 2.41. The number of rotatable bonds is 3. The lowest BCUT2D eigenvalue weighted by Gasteiger charge is -2.11. The van der Waals surface area contributed by atoms with Crippen molar-refractivity contribution >= 4 is 44.7 Å². The summed E-state index contributed by atoms with van der Waals surface area (Å²) in [5.74, 6) is -0.204.